The van der Waals surface area contributed by atoms with Gasteiger partial charge in [-0.15, -0.1) is 0 Å². The van der Waals surface area contributed by atoms with Crippen molar-refractivity contribution < 1.29 is 17.8 Å². The van der Waals surface area contributed by atoms with Crippen LogP contribution in [0.15, 0.2) is 59.1 Å². The van der Waals surface area contributed by atoms with E-state index in [4.69, 9.17) is 33.0 Å². The molecule has 0 heterocycles. The Balaban J connectivity index is 2.19. The van der Waals surface area contributed by atoms with Crippen LogP contribution in [0.25, 0.3) is 0 Å². The van der Waals surface area contributed by atoms with Crippen molar-refractivity contribution in [3.8, 4) is 6.07 Å². The molecule has 0 spiro atoms. The van der Waals surface area contributed by atoms with Crippen LogP contribution in [0.4, 0.5) is 11.4 Å². The first-order valence-corrected chi connectivity index (χ1v) is 9.11. The lowest BCUT2D eigenvalue weighted by molar-refractivity contribution is -0.112. The van der Waals surface area contributed by atoms with E-state index in [1.807, 2.05) is 0 Å². The number of rotatable bonds is 5. The molecule has 0 radical (unpaired) electrons. The Morgan fingerprint density at radius 3 is 2.54 bits per heavy atom. The molecule has 7 nitrogen and oxygen atoms in total. The Hall–Kier alpha value is -2.57. The topological polar surface area (TPSA) is 119 Å². The molecule has 0 bridgehead atoms. The smallest absolute Gasteiger partial charge is 0.294 e. The normalized spacial score (nSPS) is 11.5. The lowest BCUT2D eigenvalue weighted by Crippen LogP contribution is -2.15. The number of nitrogens with zero attached hydrogens (tertiary/aromatic N) is 1. The molecule has 0 aliphatic heterocycles. The molecule has 2 rings (SSSR count). The number of hydrogen-bond donors (Lipinski definition) is 3. The zero-order valence-electron chi connectivity index (χ0n) is 12.9. The van der Waals surface area contributed by atoms with Crippen molar-refractivity contribution in [3.05, 3.63) is 64.3 Å². The Labute approximate surface area is 159 Å². The van der Waals surface area contributed by atoms with E-state index in [-0.39, 0.29) is 21.2 Å². The zero-order valence-corrected chi connectivity index (χ0v) is 15.2. The van der Waals surface area contributed by atoms with E-state index in [2.05, 4.69) is 10.6 Å². The molecule has 0 aliphatic rings. The highest BCUT2D eigenvalue weighted by Crippen LogP contribution is 2.29. The Kier molecular flexibility index (Phi) is 6.23. The van der Waals surface area contributed by atoms with Crippen LogP contribution in [0.3, 0.4) is 0 Å². The number of anilines is 2. The van der Waals surface area contributed by atoms with Crippen molar-refractivity contribution in [2.45, 2.75) is 4.90 Å². The molecule has 134 valence electrons. The minimum atomic E-state index is -4.41. The molecule has 0 unspecified atom stereocenters. The van der Waals surface area contributed by atoms with Gasteiger partial charge in [-0.2, -0.15) is 13.7 Å². The van der Waals surface area contributed by atoms with Crippen LogP contribution in [-0.2, 0) is 14.9 Å². The monoisotopic (exact) mass is 411 g/mol. The average Bonchev–Trinajstić information content (AvgIpc) is 2.58. The van der Waals surface area contributed by atoms with Crippen molar-refractivity contribution in [2.75, 3.05) is 10.6 Å². The van der Waals surface area contributed by atoms with E-state index in [1.165, 1.54) is 12.1 Å². The van der Waals surface area contributed by atoms with Gasteiger partial charge in [-0.3, -0.25) is 9.35 Å². The first kappa shape index (κ1) is 19.8. The third-order valence-electron chi connectivity index (χ3n) is 3.08. The van der Waals surface area contributed by atoms with Gasteiger partial charge in [-0.1, -0.05) is 35.3 Å². The Morgan fingerprint density at radius 1 is 1.19 bits per heavy atom. The van der Waals surface area contributed by atoms with Crippen LogP contribution >= 0.6 is 23.2 Å². The number of halogens is 2. The molecule has 10 heteroatoms. The first-order chi connectivity index (χ1) is 12.2. The molecular weight excluding hydrogens is 401 g/mol. The maximum absolute atomic E-state index is 12.2. The van der Waals surface area contributed by atoms with Gasteiger partial charge in [-0.25, -0.2) is 0 Å². The number of hydrogen-bond acceptors (Lipinski definition) is 5. The number of amides is 1. The molecule has 0 saturated carbocycles. The summed E-state index contributed by atoms with van der Waals surface area (Å²) in [5, 5.41) is 14.7. The number of benzene rings is 2. The number of carbonyl (C=O) groups excluding carboxylic acids is 1. The van der Waals surface area contributed by atoms with Gasteiger partial charge in [0.15, 0.2) is 0 Å². The second-order valence-corrected chi connectivity index (χ2v) is 7.08. The van der Waals surface area contributed by atoms with E-state index in [0.717, 1.165) is 18.3 Å². The molecule has 0 aliphatic carbocycles. The summed E-state index contributed by atoms with van der Waals surface area (Å²) in [5.41, 5.74) is 0.193. The number of nitriles is 1. The Bertz CT molecular complexity index is 1030. The maximum Gasteiger partial charge on any atom is 0.294 e. The summed E-state index contributed by atoms with van der Waals surface area (Å²) in [6.45, 7) is 0. The third-order valence-corrected chi connectivity index (χ3v) is 4.75. The third kappa shape index (κ3) is 4.97. The van der Waals surface area contributed by atoms with Gasteiger partial charge in [0.2, 0.25) is 0 Å². The Morgan fingerprint density at radius 2 is 1.88 bits per heavy atom. The molecule has 3 N–H and O–H groups in total. The molecule has 1 amide bonds. The van der Waals surface area contributed by atoms with Gasteiger partial charge < -0.3 is 10.6 Å². The molecular formula is C16H11Cl2N3O4S. The van der Waals surface area contributed by atoms with Crippen LogP contribution in [0.2, 0.25) is 10.0 Å². The summed E-state index contributed by atoms with van der Waals surface area (Å²) in [5.74, 6) is -0.786. The van der Waals surface area contributed by atoms with Crippen LogP contribution in [0.5, 0.6) is 0 Å². The highest BCUT2D eigenvalue weighted by molar-refractivity contribution is 7.85. The van der Waals surface area contributed by atoms with Gasteiger partial charge in [0.25, 0.3) is 16.0 Å². The predicted molar refractivity (Wildman–Crippen MR) is 98.7 cm³/mol. The standard InChI is InChI=1S/C16H11Cl2N3O4S/c17-13-5-2-6-14(15(13)18)20-9-10(8-19)16(22)21-11-3-1-4-12(7-11)26(23,24)25/h1-7,9,20H,(H,21,22)(H,23,24,25)/b10-9-. The molecule has 0 fully saturated rings. The highest BCUT2D eigenvalue weighted by Gasteiger charge is 2.13. The quantitative estimate of drug-likeness (QED) is 0.391. The molecule has 26 heavy (non-hydrogen) atoms. The average molecular weight is 412 g/mol. The summed E-state index contributed by atoms with van der Waals surface area (Å²) in [4.78, 5) is 11.8. The predicted octanol–water partition coefficient (Wildman–Crippen LogP) is 3.70. The minimum Gasteiger partial charge on any atom is -0.359 e. The van der Waals surface area contributed by atoms with E-state index < -0.39 is 16.0 Å². The van der Waals surface area contributed by atoms with Crippen molar-refractivity contribution >= 4 is 50.6 Å². The van der Waals surface area contributed by atoms with Crippen molar-refractivity contribution in [1.29, 1.82) is 5.26 Å². The number of carbonyl (C=O) groups is 1. The van der Waals surface area contributed by atoms with Gasteiger partial charge in [0, 0.05) is 11.9 Å². The zero-order chi connectivity index (χ0) is 19.3. The molecule has 2 aromatic carbocycles. The summed E-state index contributed by atoms with van der Waals surface area (Å²) in [6, 6.07) is 11.5. The van der Waals surface area contributed by atoms with E-state index in [9.17, 15) is 13.2 Å². The maximum atomic E-state index is 12.2. The summed E-state index contributed by atoms with van der Waals surface area (Å²) in [6.07, 6.45) is 1.14. The van der Waals surface area contributed by atoms with Gasteiger partial charge in [0.1, 0.15) is 11.6 Å². The van der Waals surface area contributed by atoms with Gasteiger partial charge >= 0.3 is 0 Å². The van der Waals surface area contributed by atoms with Crippen molar-refractivity contribution in [3.63, 3.8) is 0 Å². The summed E-state index contributed by atoms with van der Waals surface area (Å²) < 4.78 is 31.3. The minimum absolute atomic E-state index is 0.0899. The fourth-order valence-corrected chi connectivity index (χ4v) is 2.73. The van der Waals surface area contributed by atoms with Gasteiger partial charge in [-0.05, 0) is 30.3 Å². The van der Waals surface area contributed by atoms with Gasteiger partial charge in [0.05, 0.1) is 20.6 Å². The second kappa shape index (κ2) is 8.21. The SMILES string of the molecule is N#C/C(=C/Nc1cccc(Cl)c1Cl)C(=O)Nc1cccc(S(=O)(=O)O)c1. The molecule has 0 saturated heterocycles. The van der Waals surface area contributed by atoms with Crippen molar-refractivity contribution in [2.24, 2.45) is 0 Å². The van der Waals surface area contributed by atoms with Crippen LogP contribution < -0.4 is 10.6 Å². The highest BCUT2D eigenvalue weighted by atomic mass is 35.5. The fourth-order valence-electron chi connectivity index (χ4n) is 1.85. The summed E-state index contributed by atoms with van der Waals surface area (Å²) >= 11 is 11.9. The van der Waals surface area contributed by atoms with Crippen LogP contribution in [0, 0.1) is 11.3 Å². The first-order valence-electron chi connectivity index (χ1n) is 6.92. The van der Waals surface area contributed by atoms with E-state index in [1.54, 1.807) is 24.3 Å². The van der Waals surface area contributed by atoms with Crippen molar-refractivity contribution in [1.82, 2.24) is 0 Å². The molecule has 0 aromatic heterocycles. The van der Waals surface area contributed by atoms with E-state index in [0.29, 0.717) is 10.7 Å². The van der Waals surface area contributed by atoms with E-state index >= 15 is 0 Å². The van der Waals surface area contributed by atoms with Crippen LogP contribution in [0.1, 0.15) is 0 Å². The lowest BCUT2D eigenvalue weighted by Gasteiger charge is -2.07. The molecule has 0 atom stereocenters. The largest absolute Gasteiger partial charge is 0.359 e. The lowest BCUT2D eigenvalue weighted by atomic mass is 10.2. The fraction of sp³-hybridized carbons (Fsp3) is 0. The summed E-state index contributed by atoms with van der Waals surface area (Å²) in [7, 11) is -4.41. The molecule has 2 aromatic rings. The number of nitrogens with one attached hydrogen (secondary N) is 2. The second-order valence-electron chi connectivity index (χ2n) is 4.87. The van der Waals surface area contributed by atoms with Crippen LogP contribution in [-0.4, -0.2) is 18.9 Å².